The lowest BCUT2D eigenvalue weighted by Gasteiger charge is -2.09. The van der Waals surface area contributed by atoms with Gasteiger partial charge in [-0.25, -0.2) is 9.97 Å². The van der Waals surface area contributed by atoms with Gasteiger partial charge in [0.25, 0.3) is 0 Å². The van der Waals surface area contributed by atoms with Gasteiger partial charge in [-0.15, -0.1) is 0 Å². The van der Waals surface area contributed by atoms with E-state index < -0.39 is 12.6 Å². The molecule has 0 aliphatic carbocycles. The first-order valence-corrected chi connectivity index (χ1v) is 4.27. The van der Waals surface area contributed by atoms with Crippen LogP contribution in [0.25, 0.3) is 10.4 Å². The van der Waals surface area contributed by atoms with Crippen LogP contribution in [-0.4, -0.2) is 21.7 Å². The van der Waals surface area contributed by atoms with Crippen molar-refractivity contribution in [3.8, 4) is 0 Å². The number of aliphatic hydroxyl groups excluding tert-OH is 1. The summed E-state index contributed by atoms with van der Waals surface area (Å²) >= 11 is 11.4. The minimum absolute atomic E-state index is 0.0662. The van der Waals surface area contributed by atoms with Crippen molar-refractivity contribution in [1.82, 2.24) is 9.97 Å². The van der Waals surface area contributed by atoms with Gasteiger partial charge in [-0.1, -0.05) is 28.3 Å². The van der Waals surface area contributed by atoms with E-state index in [1.54, 1.807) is 0 Å². The van der Waals surface area contributed by atoms with Crippen molar-refractivity contribution in [3.05, 3.63) is 32.6 Å². The zero-order chi connectivity index (χ0) is 10.6. The van der Waals surface area contributed by atoms with Crippen LogP contribution in [0, 0.1) is 0 Å². The molecule has 0 radical (unpaired) electrons. The summed E-state index contributed by atoms with van der Waals surface area (Å²) in [4.78, 5) is 9.89. The molecular formula is C6H5Cl2N5O. The predicted octanol–water partition coefficient (Wildman–Crippen LogP) is 2.13. The molecule has 74 valence electrons. The maximum Gasteiger partial charge on any atom is 0.137 e. The van der Waals surface area contributed by atoms with E-state index in [4.69, 9.17) is 33.8 Å². The maximum atomic E-state index is 8.92. The number of nitrogens with zero attached hydrogens (tertiary/aromatic N) is 5. The van der Waals surface area contributed by atoms with E-state index in [0.717, 1.165) is 0 Å². The average Bonchev–Trinajstić information content (AvgIpc) is 2.16. The third-order valence-corrected chi connectivity index (χ3v) is 2.09. The molecule has 0 spiro atoms. The van der Waals surface area contributed by atoms with E-state index in [9.17, 15) is 0 Å². The molecule has 14 heavy (non-hydrogen) atoms. The highest BCUT2D eigenvalue weighted by molar-refractivity contribution is 6.34. The molecule has 0 aromatic carbocycles. The molecule has 0 saturated carbocycles. The van der Waals surface area contributed by atoms with E-state index in [2.05, 4.69) is 20.0 Å². The Kier molecular flexibility index (Phi) is 3.91. The molecule has 0 amide bonds. The van der Waals surface area contributed by atoms with Gasteiger partial charge >= 0.3 is 0 Å². The molecule has 0 aliphatic rings. The molecule has 1 heterocycles. The summed E-state index contributed by atoms with van der Waals surface area (Å²) in [6.45, 7) is -0.406. The molecule has 0 saturated heterocycles. The summed E-state index contributed by atoms with van der Waals surface area (Å²) < 4.78 is 0. The van der Waals surface area contributed by atoms with E-state index in [1.165, 1.54) is 6.33 Å². The molecule has 0 aliphatic heterocycles. The van der Waals surface area contributed by atoms with Crippen molar-refractivity contribution >= 4 is 23.2 Å². The predicted molar refractivity (Wildman–Crippen MR) is 51.0 cm³/mol. The second-order valence-electron chi connectivity index (χ2n) is 2.27. The molecule has 8 heteroatoms. The van der Waals surface area contributed by atoms with Crippen LogP contribution >= 0.6 is 23.2 Å². The van der Waals surface area contributed by atoms with Gasteiger partial charge in [0.05, 0.1) is 12.6 Å². The standard InChI is InChI=1S/C6H5Cl2N5O/c7-5-4(3(1-14)12-13-9)6(8)11-2-10-5/h2-3,14H,1H2. The van der Waals surface area contributed by atoms with Crippen LogP contribution in [0.5, 0.6) is 0 Å². The van der Waals surface area contributed by atoms with Gasteiger partial charge in [-0.05, 0) is 5.53 Å². The van der Waals surface area contributed by atoms with Crippen LogP contribution in [0.1, 0.15) is 11.6 Å². The van der Waals surface area contributed by atoms with E-state index in [-0.39, 0.29) is 15.9 Å². The second-order valence-corrected chi connectivity index (χ2v) is 2.99. The van der Waals surface area contributed by atoms with Crippen molar-refractivity contribution in [1.29, 1.82) is 0 Å². The van der Waals surface area contributed by atoms with Crippen molar-refractivity contribution in [3.63, 3.8) is 0 Å². The number of hydrogen-bond donors (Lipinski definition) is 1. The quantitative estimate of drug-likeness (QED) is 0.375. The Morgan fingerprint density at radius 1 is 1.50 bits per heavy atom. The Morgan fingerprint density at radius 3 is 2.50 bits per heavy atom. The third kappa shape index (κ3) is 2.24. The summed E-state index contributed by atoms with van der Waals surface area (Å²) in [5, 5.41) is 12.4. The van der Waals surface area contributed by atoms with Gasteiger partial charge in [0.1, 0.15) is 16.6 Å². The fourth-order valence-electron chi connectivity index (χ4n) is 0.877. The highest BCUT2D eigenvalue weighted by atomic mass is 35.5. The third-order valence-electron chi connectivity index (χ3n) is 1.48. The lowest BCUT2D eigenvalue weighted by atomic mass is 10.2. The highest BCUT2D eigenvalue weighted by Crippen LogP contribution is 2.28. The van der Waals surface area contributed by atoms with Crippen LogP contribution in [0.15, 0.2) is 11.4 Å². The van der Waals surface area contributed by atoms with Crippen LogP contribution in [0.4, 0.5) is 0 Å². The molecule has 6 nitrogen and oxygen atoms in total. The first-order chi connectivity index (χ1) is 6.70. The molecule has 0 fully saturated rings. The fraction of sp³-hybridized carbons (Fsp3) is 0.333. The minimum Gasteiger partial charge on any atom is -0.396 e. The van der Waals surface area contributed by atoms with Gasteiger partial charge in [0.2, 0.25) is 0 Å². The number of hydrogen-bond acceptors (Lipinski definition) is 4. The Balaban J connectivity index is 3.21. The van der Waals surface area contributed by atoms with Gasteiger partial charge < -0.3 is 5.11 Å². The molecule has 1 unspecified atom stereocenters. The molecular weight excluding hydrogens is 229 g/mol. The molecule has 1 rings (SSSR count). The van der Waals surface area contributed by atoms with Crippen LogP contribution in [-0.2, 0) is 0 Å². The Labute approximate surface area is 89.1 Å². The Bertz CT molecular complexity index is 358. The van der Waals surface area contributed by atoms with Crippen LogP contribution in [0.2, 0.25) is 10.3 Å². The number of aromatic nitrogens is 2. The van der Waals surface area contributed by atoms with Crippen LogP contribution in [0.3, 0.4) is 0 Å². The number of aliphatic hydroxyl groups is 1. The normalized spacial score (nSPS) is 11.9. The fourth-order valence-corrected chi connectivity index (χ4v) is 1.44. The maximum absolute atomic E-state index is 8.92. The zero-order valence-corrected chi connectivity index (χ0v) is 8.31. The lowest BCUT2D eigenvalue weighted by Crippen LogP contribution is -2.04. The van der Waals surface area contributed by atoms with Crippen molar-refractivity contribution < 1.29 is 5.11 Å². The smallest absolute Gasteiger partial charge is 0.137 e. The molecule has 1 N–H and O–H groups in total. The molecule has 1 aromatic heterocycles. The first kappa shape index (κ1) is 11.0. The highest BCUT2D eigenvalue weighted by Gasteiger charge is 2.17. The van der Waals surface area contributed by atoms with Crippen molar-refractivity contribution in [2.24, 2.45) is 5.11 Å². The Morgan fingerprint density at radius 2 is 2.07 bits per heavy atom. The van der Waals surface area contributed by atoms with Gasteiger partial charge in [-0.3, -0.25) is 0 Å². The number of halogens is 2. The monoisotopic (exact) mass is 233 g/mol. The summed E-state index contributed by atoms with van der Waals surface area (Å²) in [6.07, 6.45) is 1.18. The summed E-state index contributed by atoms with van der Waals surface area (Å²) in [6, 6.07) is -0.860. The number of azide groups is 1. The average molecular weight is 234 g/mol. The summed E-state index contributed by atoms with van der Waals surface area (Å²) in [7, 11) is 0. The first-order valence-electron chi connectivity index (χ1n) is 3.51. The van der Waals surface area contributed by atoms with Crippen LogP contribution < -0.4 is 0 Å². The number of rotatable bonds is 3. The van der Waals surface area contributed by atoms with Gasteiger partial charge in [0, 0.05) is 10.5 Å². The van der Waals surface area contributed by atoms with E-state index in [1.807, 2.05) is 0 Å². The van der Waals surface area contributed by atoms with E-state index in [0.29, 0.717) is 0 Å². The lowest BCUT2D eigenvalue weighted by molar-refractivity contribution is 0.267. The van der Waals surface area contributed by atoms with Gasteiger partial charge in [-0.2, -0.15) is 0 Å². The van der Waals surface area contributed by atoms with Crippen molar-refractivity contribution in [2.45, 2.75) is 6.04 Å². The summed E-state index contributed by atoms with van der Waals surface area (Å²) in [5.41, 5.74) is 8.46. The minimum atomic E-state index is -0.860. The molecule has 1 aromatic rings. The SMILES string of the molecule is [N-]=[N+]=NC(CO)c1c(Cl)ncnc1Cl. The summed E-state index contributed by atoms with van der Waals surface area (Å²) in [5.74, 6) is 0. The van der Waals surface area contributed by atoms with Gasteiger partial charge in [0.15, 0.2) is 0 Å². The molecule has 1 atom stereocenters. The zero-order valence-electron chi connectivity index (χ0n) is 6.80. The van der Waals surface area contributed by atoms with Crippen molar-refractivity contribution in [2.75, 3.05) is 6.61 Å². The topological polar surface area (TPSA) is 94.8 Å². The van der Waals surface area contributed by atoms with E-state index >= 15 is 0 Å². The second kappa shape index (κ2) is 4.97. The Hall–Kier alpha value is -1.07. The largest absolute Gasteiger partial charge is 0.396 e. The molecule has 0 bridgehead atoms.